The topological polar surface area (TPSA) is 29.1 Å². The summed E-state index contributed by atoms with van der Waals surface area (Å²) in [4.78, 5) is 11.5. The molecule has 14 heavy (non-hydrogen) atoms. The molecule has 0 radical (unpaired) electrons. The molecule has 0 aromatic heterocycles. The molecule has 1 saturated carbocycles. The fourth-order valence-electron chi connectivity index (χ4n) is 2.01. The summed E-state index contributed by atoms with van der Waals surface area (Å²) < 4.78 is 0. The lowest BCUT2D eigenvalue weighted by Gasteiger charge is -2.23. The lowest BCUT2D eigenvalue weighted by atomic mass is 9.97. The van der Waals surface area contributed by atoms with Gasteiger partial charge in [0.2, 0.25) is 5.91 Å². The predicted molar refractivity (Wildman–Crippen MR) is 62.6 cm³/mol. The van der Waals surface area contributed by atoms with Gasteiger partial charge in [0.25, 0.3) is 0 Å². The number of hydrogen-bond donors (Lipinski definition) is 2. The van der Waals surface area contributed by atoms with E-state index < -0.39 is 0 Å². The van der Waals surface area contributed by atoms with Crippen LogP contribution in [0.2, 0.25) is 0 Å². The molecular formula is C11H21NOS. The van der Waals surface area contributed by atoms with E-state index in [1.807, 2.05) is 6.92 Å². The average molecular weight is 215 g/mol. The second-order valence-electron chi connectivity index (χ2n) is 4.41. The molecule has 1 amide bonds. The molecule has 0 spiro atoms. The van der Waals surface area contributed by atoms with Crippen molar-refractivity contribution in [3.63, 3.8) is 0 Å². The summed E-state index contributed by atoms with van der Waals surface area (Å²) in [5.74, 6) is 0.695. The molecule has 0 aromatic carbocycles. The molecule has 2 nitrogen and oxygen atoms in total. The van der Waals surface area contributed by atoms with Crippen LogP contribution in [-0.4, -0.2) is 17.2 Å². The number of nitrogens with one attached hydrogen (secondary N) is 1. The highest BCUT2D eigenvalue weighted by Gasteiger charge is 2.22. The lowest BCUT2D eigenvalue weighted by molar-refractivity contribution is -0.121. The summed E-state index contributed by atoms with van der Waals surface area (Å²) in [5, 5.41) is 2.90. The first-order valence-corrected chi connectivity index (χ1v) is 6.11. The third-order valence-electron chi connectivity index (χ3n) is 3.07. The maximum atomic E-state index is 11.5. The number of carbonyl (C=O) groups is 1. The van der Waals surface area contributed by atoms with Gasteiger partial charge in [-0.15, -0.1) is 0 Å². The van der Waals surface area contributed by atoms with E-state index in [1.165, 1.54) is 25.7 Å². The maximum absolute atomic E-state index is 11.5. The lowest BCUT2D eigenvalue weighted by Crippen LogP contribution is -2.41. The van der Waals surface area contributed by atoms with Gasteiger partial charge in [-0.1, -0.05) is 26.2 Å². The van der Waals surface area contributed by atoms with Crippen molar-refractivity contribution in [2.24, 2.45) is 5.92 Å². The van der Waals surface area contributed by atoms with Crippen molar-refractivity contribution in [3.05, 3.63) is 0 Å². The molecule has 0 heterocycles. The molecule has 1 aliphatic carbocycles. The van der Waals surface area contributed by atoms with Gasteiger partial charge in [-0.25, -0.2) is 0 Å². The molecule has 0 bridgehead atoms. The van der Waals surface area contributed by atoms with E-state index in [0.29, 0.717) is 12.0 Å². The molecule has 3 atom stereocenters. The Labute approximate surface area is 92.2 Å². The number of thiol groups is 1. The first kappa shape index (κ1) is 11.9. The van der Waals surface area contributed by atoms with Crippen molar-refractivity contribution in [2.75, 3.05) is 0 Å². The maximum Gasteiger partial charge on any atom is 0.232 e. The van der Waals surface area contributed by atoms with Crippen LogP contribution in [0.15, 0.2) is 0 Å². The average Bonchev–Trinajstić information content (AvgIpc) is 2.32. The summed E-state index contributed by atoms with van der Waals surface area (Å²) in [7, 11) is 0. The van der Waals surface area contributed by atoms with Gasteiger partial charge in [0, 0.05) is 6.04 Å². The third-order valence-corrected chi connectivity index (χ3v) is 3.30. The van der Waals surface area contributed by atoms with Crippen molar-refractivity contribution >= 4 is 18.5 Å². The van der Waals surface area contributed by atoms with Crippen molar-refractivity contribution < 1.29 is 4.79 Å². The monoisotopic (exact) mass is 215 g/mol. The van der Waals surface area contributed by atoms with E-state index in [0.717, 1.165) is 6.42 Å². The molecule has 1 rings (SSSR count). The SMILES string of the molecule is CC(S)C(=O)NC1CCCCCC1C. The van der Waals surface area contributed by atoms with Gasteiger partial charge in [0.15, 0.2) is 0 Å². The molecule has 0 aromatic rings. The quantitative estimate of drug-likeness (QED) is 0.537. The van der Waals surface area contributed by atoms with E-state index in [4.69, 9.17) is 0 Å². The zero-order valence-corrected chi connectivity index (χ0v) is 10.0. The molecule has 0 saturated heterocycles. The summed E-state index contributed by atoms with van der Waals surface area (Å²) in [6, 6.07) is 0.375. The van der Waals surface area contributed by atoms with Gasteiger partial charge >= 0.3 is 0 Å². The molecule has 1 fully saturated rings. The predicted octanol–water partition coefficient (Wildman–Crippen LogP) is 2.39. The number of hydrogen-bond acceptors (Lipinski definition) is 2. The van der Waals surface area contributed by atoms with Crippen molar-refractivity contribution in [3.8, 4) is 0 Å². The Hall–Kier alpha value is -0.180. The summed E-state index contributed by atoms with van der Waals surface area (Å²) >= 11 is 4.14. The third kappa shape index (κ3) is 3.52. The van der Waals surface area contributed by atoms with Gasteiger partial charge in [0.05, 0.1) is 5.25 Å². The zero-order chi connectivity index (χ0) is 10.6. The first-order chi connectivity index (χ1) is 6.61. The van der Waals surface area contributed by atoms with Crippen molar-refractivity contribution in [1.29, 1.82) is 0 Å². The molecule has 1 N–H and O–H groups in total. The fourth-order valence-corrected chi connectivity index (χ4v) is 2.09. The van der Waals surface area contributed by atoms with Crippen molar-refractivity contribution in [1.82, 2.24) is 5.32 Å². The van der Waals surface area contributed by atoms with Crippen molar-refractivity contribution in [2.45, 2.75) is 57.2 Å². The summed E-state index contributed by atoms with van der Waals surface area (Å²) in [6.07, 6.45) is 6.24. The van der Waals surface area contributed by atoms with Gasteiger partial charge in [-0.05, 0) is 25.7 Å². The van der Waals surface area contributed by atoms with E-state index in [9.17, 15) is 4.79 Å². The van der Waals surface area contributed by atoms with Crippen LogP contribution >= 0.6 is 12.6 Å². The highest BCUT2D eigenvalue weighted by Crippen LogP contribution is 2.23. The molecule has 0 aliphatic heterocycles. The summed E-state index contributed by atoms with van der Waals surface area (Å²) in [6.45, 7) is 4.05. The van der Waals surface area contributed by atoms with Gasteiger partial charge in [-0.3, -0.25) is 4.79 Å². The smallest absolute Gasteiger partial charge is 0.232 e. The Morgan fingerprint density at radius 1 is 1.36 bits per heavy atom. The Morgan fingerprint density at radius 2 is 2.00 bits per heavy atom. The van der Waals surface area contributed by atoms with E-state index in [1.54, 1.807) is 0 Å². The Balaban J connectivity index is 2.44. The molecule has 3 heteroatoms. The minimum Gasteiger partial charge on any atom is -0.352 e. The largest absolute Gasteiger partial charge is 0.352 e. The van der Waals surface area contributed by atoms with Gasteiger partial charge in [0.1, 0.15) is 0 Å². The Morgan fingerprint density at radius 3 is 2.64 bits per heavy atom. The zero-order valence-electron chi connectivity index (χ0n) is 9.12. The Bertz CT molecular complexity index is 194. The second-order valence-corrected chi connectivity index (χ2v) is 5.18. The van der Waals surface area contributed by atoms with Crippen LogP contribution in [0.5, 0.6) is 0 Å². The number of rotatable bonds is 2. The molecular weight excluding hydrogens is 194 g/mol. The van der Waals surface area contributed by atoms with Crippen LogP contribution in [-0.2, 0) is 4.79 Å². The van der Waals surface area contributed by atoms with Gasteiger partial charge in [-0.2, -0.15) is 12.6 Å². The highest BCUT2D eigenvalue weighted by atomic mass is 32.1. The summed E-state index contributed by atoms with van der Waals surface area (Å²) in [5.41, 5.74) is 0. The van der Waals surface area contributed by atoms with Gasteiger partial charge < -0.3 is 5.32 Å². The van der Waals surface area contributed by atoms with Crippen LogP contribution < -0.4 is 5.32 Å². The van der Waals surface area contributed by atoms with E-state index in [2.05, 4.69) is 24.9 Å². The number of amides is 1. The molecule has 1 aliphatic rings. The molecule has 82 valence electrons. The minimum atomic E-state index is -0.189. The van der Waals surface area contributed by atoms with Crippen LogP contribution in [0.25, 0.3) is 0 Å². The first-order valence-electron chi connectivity index (χ1n) is 5.59. The standard InChI is InChI=1S/C11H21NOS/c1-8-6-4-3-5-7-10(8)12-11(13)9(2)14/h8-10,14H,3-7H2,1-2H3,(H,12,13). The Kier molecular flexibility index (Phi) is 4.79. The van der Waals surface area contributed by atoms with Crippen LogP contribution in [0.1, 0.15) is 46.0 Å². The normalized spacial score (nSPS) is 30.5. The fraction of sp³-hybridized carbons (Fsp3) is 0.909. The van der Waals surface area contributed by atoms with Crippen LogP contribution in [0.3, 0.4) is 0 Å². The minimum absolute atomic E-state index is 0.0760. The van der Waals surface area contributed by atoms with E-state index in [-0.39, 0.29) is 11.2 Å². The van der Waals surface area contributed by atoms with E-state index >= 15 is 0 Å². The van der Waals surface area contributed by atoms with Crippen LogP contribution in [0.4, 0.5) is 0 Å². The van der Waals surface area contributed by atoms with Crippen LogP contribution in [0, 0.1) is 5.92 Å². The number of carbonyl (C=O) groups excluding carboxylic acids is 1. The second kappa shape index (κ2) is 5.64. The molecule has 3 unspecified atom stereocenters. The highest BCUT2D eigenvalue weighted by molar-refractivity contribution is 7.81.